The van der Waals surface area contributed by atoms with Gasteiger partial charge in [0.2, 0.25) is 10.0 Å². The van der Waals surface area contributed by atoms with Crippen molar-refractivity contribution in [3.8, 4) is 0 Å². The Morgan fingerprint density at radius 1 is 1.48 bits per heavy atom. The third kappa shape index (κ3) is 3.48. The lowest BCUT2D eigenvalue weighted by molar-refractivity contribution is 0.170. The lowest BCUT2D eigenvalue weighted by atomic mass is 10.2. The molecule has 0 amide bonds. The lowest BCUT2D eigenvalue weighted by Crippen LogP contribution is -2.52. The van der Waals surface area contributed by atoms with Crippen molar-refractivity contribution < 1.29 is 8.42 Å². The number of sulfonamides is 1. The van der Waals surface area contributed by atoms with Crippen molar-refractivity contribution in [3.63, 3.8) is 0 Å². The fourth-order valence-corrected chi connectivity index (χ4v) is 4.36. The van der Waals surface area contributed by atoms with Crippen LogP contribution in [0, 0.1) is 0 Å². The Labute approximate surface area is 131 Å². The first-order valence-electron chi connectivity index (χ1n) is 6.96. The van der Waals surface area contributed by atoms with Gasteiger partial charge in [-0.15, -0.1) is 0 Å². The third-order valence-corrected chi connectivity index (χ3v) is 5.80. The van der Waals surface area contributed by atoms with E-state index in [4.69, 9.17) is 11.6 Å². The average molecular weight is 333 g/mol. The van der Waals surface area contributed by atoms with Gasteiger partial charge in [-0.3, -0.25) is 0 Å². The number of piperazine rings is 1. The van der Waals surface area contributed by atoms with Crippen LogP contribution in [0.15, 0.2) is 17.2 Å². The van der Waals surface area contributed by atoms with Gasteiger partial charge in [0, 0.05) is 38.4 Å². The summed E-state index contributed by atoms with van der Waals surface area (Å²) in [4.78, 5) is 6.38. The predicted octanol–water partition coefficient (Wildman–Crippen LogP) is 1.49. The second-order valence-electron chi connectivity index (χ2n) is 5.26. The van der Waals surface area contributed by atoms with Gasteiger partial charge in [0.25, 0.3) is 0 Å². The van der Waals surface area contributed by atoms with Gasteiger partial charge in [-0.2, -0.15) is 4.31 Å². The van der Waals surface area contributed by atoms with Crippen molar-refractivity contribution in [3.05, 3.63) is 17.3 Å². The van der Waals surface area contributed by atoms with Crippen molar-refractivity contribution in [1.29, 1.82) is 0 Å². The van der Waals surface area contributed by atoms with Crippen molar-refractivity contribution in [2.45, 2.75) is 24.8 Å². The third-order valence-electron chi connectivity index (χ3n) is 3.54. The highest BCUT2D eigenvalue weighted by atomic mass is 35.5. The minimum absolute atomic E-state index is 0.0685. The first-order chi connectivity index (χ1) is 9.86. The van der Waals surface area contributed by atoms with Crippen molar-refractivity contribution in [2.75, 3.05) is 38.5 Å². The fourth-order valence-electron chi connectivity index (χ4n) is 2.47. The van der Waals surface area contributed by atoms with Gasteiger partial charge in [-0.05, 0) is 27.0 Å². The molecular weight excluding hydrogens is 312 g/mol. The highest BCUT2D eigenvalue weighted by molar-refractivity contribution is 7.89. The van der Waals surface area contributed by atoms with E-state index in [1.54, 1.807) is 0 Å². The SMILES string of the molecule is CCNc1ncc(S(=O)(=O)N2CCN(C)CC2C)cc1Cl. The van der Waals surface area contributed by atoms with Gasteiger partial charge in [0.15, 0.2) is 0 Å². The molecule has 0 aliphatic carbocycles. The van der Waals surface area contributed by atoms with Gasteiger partial charge in [-0.1, -0.05) is 11.6 Å². The Morgan fingerprint density at radius 2 is 2.19 bits per heavy atom. The summed E-state index contributed by atoms with van der Waals surface area (Å²) in [7, 11) is -1.57. The van der Waals surface area contributed by atoms with E-state index in [2.05, 4.69) is 15.2 Å². The molecule has 2 heterocycles. The fraction of sp³-hybridized carbons (Fsp3) is 0.615. The number of aromatic nitrogens is 1. The minimum Gasteiger partial charge on any atom is -0.369 e. The van der Waals surface area contributed by atoms with Crippen LogP contribution in [0.5, 0.6) is 0 Å². The van der Waals surface area contributed by atoms with Gasteiger partial charge in [0.1, 0.15) is 10.7 Å². The first kappa shape index (κ1) is 16.5. The number of nitrogens with one attached hydrogen (secondary N) is 1. The molecule has 1 unspecified atom stereocenters. The number of hydrogen-bond acceptors (Lipinski definition) is 5. The average Bonchev–Trinajstić information content (AvgIpc) is 2.40. The van der Waals surface area contributed by atoms with E-state index in [0.29, 0.717) is 23.9 Å². The van der Waals surface area contributed by atoms with Crippen LogP contribution >= 0.6 is 11.6 Å². The summed E-state index contributed by atoms with van der Waals surface area (Å²) in [6.45, 7) is 6.43. The van der Waals surface area contributed by atoms with E-state index in [1.165, 1.54) is 16.6 Å². The van der Waals surface area contributed by atoms with Crippen LogP contribution in [0.2, 0.25) is 5.02 Å². The number of hydrogen-bond donors (Lipinski definition) is 1. The summed E-state index contributed by atoms with van der Waals surface area (Å²) in [5.41, 5.74) is 0. The van der Waals surface area contributed by atoms with Gasteiger partial charge in [0.05, 0.1) is 5.02 Å². The van der Waals surface area contributed by atoms with E-state index in [1.807, 2.05) is 20.9 Å². The molecule has 1 N–H and O–H groups in total. The maximum atomic E-state index is 12.7. The second kappa shape index (κ2) is 6.48. The topological polar surface area (TPSA) is 65.5 Å². The maximum absolute atomic E-state index is 12.7. The van der Waals surface area contributed by atoms with Gasteiger partial charge < -0.3 is 10.2 Å². The zero-order valence-electron chi connectivity index (χ0n) is 12.5. The first-order valence-corrected chi connectivity index (χ1v) is 8.78. The van der Waals surface area contributed by atoms with E-state index < -0.39 is 10.0 Å². The molecule has 21 heavy (non-hydrogen) atoms. The van der Waals surface area contributed by atoms with Crippen LogP contribution in [-0.4, -0.2) is 61.9 Å². The Kier molecular flexibility index (Phi) is 5.08. The molecule has 1 saturated heterocycles. The number of likely N-dealkylation sites (N-methyl/N-ethyl adjacent to an activating group) is 1. The van der Waals surface area contributed by atoms with Crippen LogP contribution in [-0.2, 0) is 10.0 Å². The molecule has 1 aliphatic heterocycles. The monoisotopic (exact) mass is 332 g/mol. The number of anilines is 1. The summed E-state index contributed by atoms with van der Waals surface area (Å²) >= 11 is 6.10. The van der Waals surface area contributed by atoms with Crippen molar-refractivity contribution >= 4 is 27.4 Å². The Bertz CT molecular complexity index is 608. The lowest BCUT2D eigenvalue weighted by Gasteiger charge is -2.37. The molecular formula is C13H21ClN4O2S. The van der Waals surface area contributed by atoms with Gasteiger partial charge in [-0.25, -0.2) is 13.4 Å². The normalized spacial score (nSPS) is 21.4. The molecule has 1 aromatic rings. The summed E-state index contributed by atoms with van der Waals surface area (Å²) in [5, 5.41) is 3.31. The number of halogens is 1. The number of rotatable bonds is 4. The van der Waals surface area contributed by atoms with Crippen LogP contribution in [0.1, 0.15) is 13.8 Å². The van der Waals surface area contributed by atoms with E-state index >= 15 is 0 Å². The summed E-state index contributed by atoms with van der Waals surface area (Å²) in [6.07, 6.45) is 1.37. The molecule has 0 spiro atoms. The summed E-state index contributed by atoms with van der Waals surface area (Å²) in [5.74, 6) is 0.504. The molecule has 0 saturated carbocycles. The predicted molar refractivity (Wildman–Crippen MR) is 84.3 cm³/mol. The maximum Gasteiger partial charge on any atom is 0.244 e. The van der Waals surface area contributed by atoms with Crippen molar-refractivity contribution in [2.24, 2.45) is 0 Å². The molecule has 0 bridgehead atoms. The second-order valence-corrected chi connectivity index (χ2v) is 7.56. The molecule has 0 aromatic carbocycles. The standard InChI is InChI=1S/C13H21ClN4O2S/c1-4-15-13-12(14)7-11(8-16-13)21(19,20)18-6-5-17(3)9-10(18)2/h7-8,10H,4-6,9H2,1-3H3,(H,15,16). The summed E-state index contributed by atoms with van der Waals surface area (Å²) < 4.78 is 26.9. The molecule has 1 aromatic heterocycles. The Balaban J connectivity index is 2.29. The molecule has 6 nitrogen and oxygen atoms in total. The number of pyridine rings is 1. The molecule has 2 rings (SSSR count). The quantitative estimate of drug-likeness (QED) is 0.905. The number of nitrogens with zero attached hydrogens (tertiary/aromatic N) is 3. The molecule has 118 valence electrons. The van der Waals surface area contributed by atoms with Crippen LogP contribution in [0.25, 0.3) is 0 Å². The van der Waals surface area contributed by atoms with E-state index in [-0.39, 0.29) is 10.9 Å². The molecule has 0 radical (unpaired) electrons. The van der Waals surface area contributed by atoms with E-state index in [9.17, 15) is 8.42 Å². The Morgan fingerprint density at radius 3 is 2.76 bits per heavy atom. The molecule has 1 fully saturated rings. The smallest absolute Gasteiger partial charge is 0.244 e. The van der Waals surface area contributed by atoms with E-state index in [0.717, 1.165) is 13.1 Å². The van der Waals surface area contributed by atoms with Crippen LogP contribution < -0.4 is 5.32 Å². The highest BCUT2D eigenvalue weighted by Gasteiger charge is 2.33. The van der Waals surface area contributed by atoms with Gasteiger partial charge >= 0.3 is 0 Å². The van der Waals surface area contributed by atoms with Crippen molar-refractivity contribution in [1.82, 2.24) is 14.2 Å². The minimum atomic E-state index is -3.56. The molecule has 1 atom stereocenters. The molecule has 8 heteroatoms. The summed E-state index contributed by atoms with van der Waals surface area (Å²) in [6, 6.07) is 1.40. The highest BCUT2D eigenvalue weighted by Crippen LogP contribution is 2.26. The van der Waals surface area contributed by atoms with Crippen LogP contribution in [0.3, 0.4) is 0 Å². The van der Waals surface area contributed by atoms with Crippen LogP contribution in [0.4, 0.5) is 5.82 Å². The Hall–Kier alpha value is -0.890. The zero-order valence-corrected chi connectivity index (χ0v) is 14.1. The molecule has 1 aliphatic rings. The largest absolute Gasteiger partial charge is 0.369 e. The zero-order chi connectivity index (χ0) is 15.6.